The Morgan fingerprint density at radius 1 is 0.952 bits per heavy atom. The topological polar surface area (TPSA) is 54.4 Å². The zero-order valence-electron chi connectivity index (χ0n) is 11.4. The van der Waals surface area contributed by atoms with E-state index in [1.807, 2.05) is 0 Å². The van der Waals surface area contributed by atoms with Gasteiger partial charge in [0.1, 0.15) is 0 Å². The largest absolute Gasteiger partial charge is 0.478 e. The summed E-state index contributed by atoms with van der Waals surface area (Å²) in [5.74, 6) is -1.58. The number of ketones is 1. The maximum Gasteiger partial charge on any atom is 0.336 e. The van der Waals surface area contributed by atoms with E-state index >= 15 is 0 Å². The number of hydrogen-bond acceptors (Lipinski definition) is 2. The van der Waals surface area contributed by atoms with Gasteiger partial charge in [0.05, 0.1) is 10.6 Å². The fourth-order valence-corrected chi connectivity index (χ4v) is 2.56. The van der Waals surface area contributed by atoms with Crippen LogP contribution in [0, 0.1) is 13.8 Å². The van der Waals surface area contributed by atoms with Crippen molar-refractivity contribution in [3.63, 3.8) is 0 Å². The highest BCUT2D eigenvalue weighted by Gasteiger charge is 2.23. The molecule has 0 bridgehead atoms. The highest BCUT2D eigenvalue weighted by atomic mass is 35.5. The minimum atomic E-state index is -1.14. The molecule has 0 aliphatic heterocycles. The monoisotopic (exact) mass is 322 g/mol. The van der Waals surface area contributed by atoms with Crippen LogP contribution in [0.3, 0.4) is 0 Å². The summed E-state index contributed by atoms with van der Waals surface area (Å²) in [5.41, 5.74) is 1.44. The minimum Gasteiger partial charge on any atom is -0.478 e. The molecule has 0 atom stereocenters. The molecule has 1 N–H and O–H groups in total. The fraction of sp³-hybridized carbons (Fsp3) is 0.125. The number of aryl methyl sites for hydroxylation is 2. The molecule has 0 amide bonds. The first-order valence-corrected chi connectivity index (χ1v) is 6.91. The lowest BCUT2D eigenvalue weighted by Gasteiger charge is -2.12. The molecule has 0 fully saturated rings. The van der Waals surface area contributed by atoms with E-state index in [-0.39, 0.29) is 21.7 Å². The molecule has 3 nitrogen and oxygen atoms in total. The van der Waals surface area contributed by atoms with E-state index in [1.165, 1.54) is 12.1 Å². The molecule has 108 valence electrons. The molecular formula is C16H12Cl2O3. The predicted octanol–water partition coefficient (Wildman–Crippen LogP) is 4.54. The summed E-state index contributed by atoms with van der Waals surface area (Å²) >= 11 is 11.9. The highest BCUT2D eigenvalue weighted by Crippen LogP contribution is 2.27. The zero-order chi connectivity index (χ0) is 15.7. The highest BCUT2D eigenvalue weighted by molar-refractivity contribution is 6.37. The SMILES string of the molecule is Cc1ccc(C)c(C(=O)c2cc(Cl)ccc2Cl)c1C(=O)O. The molecular weight excluding hydrogens is 311 g/mol. The number of carbonyl (C=O) groups is 2. The second kappa shape index (κ2) is 5.88. The Hall–Kier alpha value is -1.84. The average molecular weight is 323 g/mol. The third-order valence-electron chi connectivity index (χ3n) is 3.24. The van der Waals surface area contributed by atoms with Crippen molar-refractivity contribution >= 4 is 35.0 Å². The molecule has 0 aliphatic rings. The van der Waals surface area contributed by atoms with Gasteiger partial charge in [0.2, 0.25) is 0 Å². The summed E-state index contributed by atoms with van der Waals surface area (Å²) < 4.78 is 0. The van der Waals surface area contributed by atoms with Crippen molar-refractivity contribution in [1.82, 2.24) is 0 Å². The molecule has 0 aliphatic carbocycles. The van der Waals surface area contributed by atoms with E-state index < -0.39 is 11.8 Å². The Kier molecular flexibility index (Phi) is 4.35. The molecule has 0 spiro atoms. The standard InChI is InChI=1S/C16H12Cl2O3/c1-8-3-4-9(2)14(16(20)21)13(8)15(19)11-7-10(17)5-6-12(11)18/h3-7H,1-2H3,(H,20,21). The first-order chi connectivity index (χ1) is 9.82. The van der Waals surface area contributed by atoms with E-state index in [0.717, 1.165) is 0 Å². The number of carboxylic acids is 1. The predicted molar refractivity (Wildman–Crippen MR) is 82.8 cm³/mol. The van der Waals surface area contributed by atoms with Crippen LogP contribution in [0.25, 0.3) is 0 Å². The van der Waals surface area contributed by atoms with Crippen LogP contribution in [0.1, 0.15) is 37.4 Å². The Labute approximate surface area is 132 Å². The van der Waals surface area contributed by atoms with Crippen LogP contribution >= 0.6 is 23.2 Å². The van der Waals surface area contributed by atoms with E-state index in [9.17, 15) is 14.7 Å². The molecule has 2 aromatic carbocycles. The summed E-state index contributed by atoms with van der Waals surface area (Å²) in [7, 11) is 0. The molecule has 0 aromatic heterocycles. The molecule has 0 unspecified atom stereocenters. The number of hydrogen-bond donors (Lipinski definition) is 1. The van der Waals surface area contributed by atoms with Crippen molar-refractivity contribution in [2.24, 2.45) is 0 Å². The van der Waals surface area contributed by atoms with Gasteiger partial charge in [0.25, 0.3) is 0 Å². The van der Waals surface area contributed by atoms with Crippen LogP contribution in [0.4, 0.5) is 0 Å². The van der Waals surface area contributed by atoms with Gasteiger partial charge < -0.3 is 5.11 Å². The van der Waals surface area contributed by atoms with Gasteiger partial charge in [-0.3, -0.25) is 4.79 Å². The summed E-state index contributed by atoms with van der Waals surface area (Å²) in [5, 5.41) is 9.98. The Balaban J connectivity index is 2.72. The molecule has 0 radical (unpaired) electrons. The van der Waals surface area contributed by atoms with Crippen LogP contribution in [0.2, 0.25) is 10.0 Å². The summed E-state index contributed by atoms with van der Waals surface area (Å²) in [6.07, 6.45) is 0. The van der Waals surface area contributed by atoms with Crippen LogP contribution in [-0.4, -0.2) is 16.9 Å². The van der Waals surface area contributed by atoms with E-state index in [0.29, 0.717) is 16.1 Å². The zero-order valence-corrected chi connectivity index (χ0v) is 12.9. The van der Waals surface area contributed by atoms with Crippen molar-refractivity contribution in [2.45, 2.75) is 13.8 Å². The summed E-state index contributed by atoms with van der Waals surface area (Å²) in [4.78, 5) is 24.2. The van der Waals surface area contributed by atoms with Crippen LogP contribution in [0.15, 0.2) is 30.3 Å². The Bertz CT molecular complexity index is 751. The Morgan fingerprint density at radius 2 is 1.52 bits per heavy atom. The smallest absolute Gasteiger partial charge is 0.336 e. The lowest BCUT2D eigenvalue weighted by molar-refractivity contribution is 0.0692. The quantitative estimate of drug-likeness (QED) is 0.844. The molecule has 21 heavy (non-hydrogen) atoms. The normalized spacial score (nSPS) is 10.5. The Morgan fingerprint density at radius 3 is 2.10 bits per heavy atom. The molecule has 0 heterocycles. The molecule has 0 saturated heterocycles. The van der Waals surface area contributed by atoms with Gasteiger partial charge in [-0.1, -0.05) is 35.3 Å². The molecule has 2 rings (SSSR count). The van der Waals surface area contributed by atoms with Crippen molar-refractivity contribution in [3.8, 4) is 0 Å². The second-order valence-electron chi connectivity index (χ2n) is 4.71. The molecule has 0 saturated carbocycles. The second-order valence-corrected chi connectivity index (χ2v) is 5.55. The van der Waals surface area contributed by atoms with Gasteiger partial charge in [-0.05, 0) is 43.2 Å². The average Bonchev–Trinajstić information content (AvgIpc) is 2.42. The lowest BCUT2D eigenvalue weighted by Crippen LogP contribution is -2.14. The van der Waals surface area contributed by atoms with Gasteiger partial charge >= 0.3 is 5.97 Å². The fourth-order valence-electron chi connectivity index (χ4n) is 2.19. The van der Waals surface area contributed by atoms with E-state index in [4.69, 9.17) is 23.2 Å². The van der Waals surface area contributed by atoms with Crippen molar-refractivity contribution in [3.05, 3.63) is 68.2 Å². The van der Waals surface area contributed by atoms with Crippen LogP contribution in [-0.2, 0) is 0 Å². The van der Waals surface area contributed by atoms with Gasteiger partial charge in [0, 0.05) is 16.1 Å². The van der Waals surface area contributed by atoms with Crippen LogP contribution < -0.4 is 0 Å². The number of halogens is 2. The maximum absolute atomic E-state index is 12.7. The number of aromatic carboxylic acids is 1. The third kappa shape index (κ3) is 2.94. The number of carboxylic acid groups (broad SMARTS) is 1. The van der Waals surface area contributed by atoms with E-state index in [1.54, 1.807) is 32.0 Å². The number of rotatable bonds is 3. The van der Waals surface area contributed by atoms with Crippen molar-refractivity contribution in [1.29, 1.82) is 0 Å². The molecule has 5 heteroatoms. The van der Waals surface area contributed by atoms with Crippen molar-refractivity contribution < 1.29 is 14.7 Å². The van der Waals surface area contributed by atoms with Crippen LogP contribution in [0.5, 0.6) is 0 Å². The van der Waals surface area contributed by atoms with Gasteiger partial charge in [-0.2, -0.15) is 0 Å². The summed E-state index contributed by atoms with van der Waals surface area (Å²) in [6.45, 7) is 3.34. The number of benzene rings is 2. The van der Waals surface area contributed by atoms with Crippen molar-refractivity contribution in [2.75, 3.05) is 0 Å². The third-order valence-corrected chi connectivity index (χ3v) is 3.80. The first kappa shape index (κ1) is 15.5. The van der Waals surface area contributed by atoms with E-state index in [2.05, 4.69) is 0 Å². The van der Waals surface area contributed by atoms with Gasteiger partial charge in [-0.15, -0.1) is 0 Å². The van der Waals surface area contributed by atoms with Gasteiger partial charge in [-0.25, -0.2) is 4.79 Å². The lowest BCUT2D eigenvalue weighted by atomic mass is 9.91. The number of carbonyl (C=O) groups excluding carboxylic acids is 1. The minimum absolute atomic E-state index is 0.00366. The molecule has 2 aromatic rings. The van der Waals surface area contributed by atoms with Gasteiger partial charge in [0.15, 0.2) is 5.78 Å². The summed E-state index contributed by atoms with van der Waals surface area (Å²) in [6, 6.07) is 7.92. The maximum atomic E-state index is 12.7. The first-order valence-electron chi connectivity index (χ1n) is 6.16.